The fourth-order valence-corrected chi connectivity index (χ4v) is 2.53. The van der Waals surface area contributed by atoms with Crippen LogP contribution >= 0.6 is 0 Å². The molecule has 0 bridgehead atoms. The van der Waals surface area contributed by atoms with E-state index in [2.05, 4.69) is 20.4 Å². The Hall–Kier alpha value is -1.32. The molecule has 0 aromatic rings. The second-order valence-electron chi connectivity index (χ2n) is 6.33. The van der Waals surface area contributed by atoms with Gasteiger partial charge in [-0.15, -0.1) is 0 Å². The number of rotatable bonds is 16. The average molecular weight is 340 g/mol. The van der Waals surface area contributed by atoms with Crippen molar-refractivity contribution in [3.8, 4) is 0 Å². The Bertz CT molecular complexity index is 342. The van der Waals surface area contributed by atoms with Crippen LogP contribution in [0.2, 0.25) is 0 Å². The number of unbranched alkanes of at least 4 members (excludes halogenated alkanes) is 8. The predicted octanol–water partition coefficient (Wildman–Crippen LogP) is 4.88. The molecule has 4 nitrogen and oxygen atoms in total. The minimum Gasteiger partial charge on any atom is -0.466 e. The van der Waals surface area contributed by atoms with Crippen molar-refractivity contribution in [1.29, 1.82) is 0 Å². The van der Waals surface area contributed by atoms with E-state index in [0.29, 0.717) is 19.7 Å². The van der Waals surface area contributed by atoms with Gasteiger partial charge in [0.15, 0.2) is 0 Å². The Morgan fingerprint density at radius 3 is 2.04 bits per heavy atom. The fourth-order valence-electron chi connectivity index (χ4n) is 2.53. The zero-order valence-corrected chi connectivity index (χ0v) is 15.9. The molecule has 0 aliphatic carbocycles. The molecule has 0 radical (unpaired) electrons. The highest BCUT2D eigenvalue weighted by atomic mass is 16.5. The Morgan fingerprint density at radius 2 is 1.46 bits per heavy atom. The molecule has 0 aromatic carbocycles. The van der Waals surface area contributed by atoms with Crippen LogP contribution < -0.4 is 0 Å². The summed E-state index contributed by atoms with van der Waals surface area (Å²) in [6.07, 6.45) is 13.4. The first-order valence-electron chi connectivity index (χ1n) is 9.72. The largest absolute Gasteiger partial charge is 0.466 e. The lowest BCUT2D eigenvalue weighted by atomic mass is 10.1. The van der Waals surface area contributed by atoms with E-state index in [1.165, 1.54) is 44.6 Å². The number of amides is 1. The van der Waals surface area contributed by atoms with Crippen molar-refractivity contribution >= 4 is 11.9 Å². The second-order valence-corrected chi connectivity index (χ2v) is 6.33. The molecule has 1 amide bonds. The first-order chi connectivity index (χ1) is 11.7. The van der Waals surface area contributed by atoms with Crippen molar-refractivity contribution in [1.82, 2.24) is 4.90 Å². The van der Waals surface area contributed by atoms with Gasteiger partial charge in [0.1, 0.15) is 0 Å². The quantitative estimate of drug-likeness (QED) is 0.229. The SMILES string of the molecule is C=CC(=O)N(CCCC)CCC(=O)OCCCCCCCCCC. The summed E-state index contributed by atoms with van der Waals surface area (Å²) >= 11 is 0. The van der Waals surface area contributed by atoms with E-state index in [1.807, 2.05) is 0 Å². The maximum Gasteiger partial charge on any atom is 0.307 e. The van der Waals surface area contributed by atoms with Gasteiger partial charge in [-0.25, -0.2) is 0 Å². The van der Waals surface area contributed by atoms with Crippen LogP contribution in [0.15, 0.2) is 12.7 Å². The van der Waals surface area contributed by atoms with E-state index < -0.39 is 0 Å². The number of nitrogens with zero attached hydrogens (tertiary/aromatic N) is 1. The topological polar surface area (TPSA) is 46.6 Å². The fraction of sp³-hybridized carbons (Fsp3) is 0.800. The second kappa shape index (κ2) is 16.5. The van der Waals surface area contributed by atoms with Gasteiger partial charge in [0, 0.05) is 13.1 Å². The maximum absolute atomic E-state index is 11.8. The van der Waals surface area contributed by atoms with Crippen molar-refractivity contribution < 1.29 is 14.3 Å². The van der Waals surface area contributed by atoms with Crippen LogP contribution in [0.1, 0.15) is 84.5 Å². The van der Waals surface area contributed by atoms with Crippen molar-refractivity contribution in [2.45, 2.75) is 84.5 Å². The number of carbonyl (C=O) groups is 2. The van der Waals surface area contributed by atoms with Crippen LogP contribution in [0.5, 0.6) is 0 Å². The smallest absolute Gasteiger partial charge is 0.307 e. The Balaban J connectivity index is 3.66. The minimum atomic E-state index is -0.212. The van der Waals surface area contributed by atoms with Gasteiger partial charge in [-0.05, 0) is 18.9 Å². The predicted molar refractivity (Wildman–Crippen MR) is 99.9 cm³/mol. The summed E-state index contributed by atoms with van der Waals surface area (Å²) in [5, 5.41) is 0. The third-order valence-corrected chi connectivity index (χ3v) is 4.11. The van der Waals surface area contributed by atoms with E-state index in [0.717, 1.165) is 25.7 Å². The zero-order valence-electron chi connectivity index (χ0n) is 15.9. The molecule has 0 saturated carbocycles. The molecule has 0 saturated heterocycles. The van der Waals surface area contributed by atoms with E-state index in [9.17, 15) is 9.59 Å². The molecule has 4 heteroatoms. The van der Waals surface area contributed by atoms with Crippen LogP contribution in [-0.4, -0.2) is 36.5 Å². The number of hydrogen-bond donors (Lipinski definition) is 0. The van der Waals surface area contributed by atoms with Crippen LogP contribution in [0, 0.1) is 0 Å². The van der Waals surface area contributed by atoms with Crippen LogP contribution in [0.25, 0.3) is 0 Å². The molecular weight excluding hydrogens is 302 g/mol. The van der Waals surface area contributed by atoms with Gasteiger partial charge in [-0.3, -0.25) is 9.59 Å². The Kier molecular flexibility index (Phi) is 15.6. The van der Waals surface area contributed by atoms with Crippen LogP contribution in [0.3, 0.4) is 0 Å². The standard InChI is InChI=1S/C20H37NO3/c1-4-7-9-10-11-12-13-14-18-24-20(23)15-17-21(16-8-5-2)19(22)6-3/h6H,3-5,7-18H2,1-2H3. The zero-order chi connectivity index (χ0) is 18.0. The van der Waals surface area contributed by atoms with Crippen molar-refractivity contribution in [3.63, 3.8) is 0 Å². The molecule has 0 N–H and O–H groups in total. The highest BCUT2D eigenvalue weighted by Crippen LogP contribution is 2.08. The number of ether oxygens (including phenoxy) is 1. The summed E-state index contributed by atoms with van der Waals surface area (Å²) in [6.45, 7) is 9.40. The molecule has 0 spiro atoms. The summed E-state index contributed by atoms with van der Waals surface area (Å²) in [5.41, 5.74) is 0. The third kappa shape index (κ3) is 13.1. The maximum atomic E-state index is 11.8. The summed E-state index contributed by atoms with van der Waals surface area (Å²) in [4.78, 5) is 25.1. The summed E-state index contributed by atoms with van der Waals surface area (Å²) < 4.78 is 5.25. The summed E-state index contributed by atoms with van der Waals surface area (Å²) in [5.74, 6) is -0.323. The normalized spacial score (nSPS) is 10.4. The Morgan fingerprint density at radius 1 is 0.875 bits per heavy atom. The molecule has 0 rings (SSSR count). The minimum absolute atomic E-state index is 0.112. The monoisotopic (exact) mass is 339 g/mol. The van der Waals surface area contributed by atoms with Crippen molar-refractivity contribution in [2.24, 2.45) is 0 Å². The molecule has 0 atom stereocenters. The third-order valence-electron chi connectivity index (χ3n) is 4.11. The number of esters is 1. The lowest BCUT2D eigenvalue weighted by Gasteiger charge is -2.20. The average Bonchev–Trinajstić information content (AvgIpc) is 2.59. The highest BCUT2D eigenvalue weighted by molar-refractivity contribution is 5.87. The molecule has 24 heavy (non-hydrogen) atoms. The van der Waals surface area contributed by atoms with E-state index in [4.69, 9.17) is 4.74 Å². The lowest BCUT2D eigenvalue weighted by Crippen LogP contribution is -2.32. The van der Waals surface area contributed by atoms with E-state index in [1.54, 1.807) is 4.90 Å². The van der Waals surface area contributed by atoms with E-state index in [-0.39, 0.29) is 18.3 Å². The van der Waals surface area contributed by atoms with Gasteiger partial charge in [0.25, 0.3) is 0 Å². The molecule has 0 aliphatic rings. The molecule has 140 valence electrons. The van der Waals surface area contributed by atoms with Crippen LogP contribution in [0.4, 0.5) is 0 Å². The lowest BCUT2D eigenvalue weighted by molar-refractivity contribution is -0.144. The van der Waals surface area contributed by atoms with Gasteiger partial charge in [0.05, 0.1) is 13.0 Å². The molecule has 0 heterocycles. The van der Waals surface area contributed by atoms with Crippen molar-refractivity contribution in [3.05, 3.63) is 12.7 Å². The van der Waals surface area contributed by atoms with Gasteiger partial charge >= 0.3 is 5.97 Å². The van der Waals surface area contributed by atoms with E-state index >= 15 is 0 Å². The summed E-state index contributed by atoms with van der Waals surface area (Å²) in [6, 6.07) is 0. The van der Waals surface area contributed by atoms with Gasteiger partial charge < -0.3 is 9.64 Å². The first-order valence-corrected chi connectivity index (χ1v) is 9.72. The Labute approximate surface area is 148 Å². The molecule has 0 aromatic heterocycles. The molecule has 0 unspecified atom stereocenters. The summed E-state index contributed by atoms with van der Waals surface area (Å²) in [7, 11) is 0. The first kappa shape index (κ1) is 22.7. The van der Waals surface area contributed by atoms with Gasteiger partial charge in [0.2, 0.25) is 5.91 Å². The molecular formula is C20H37NO3. The molecule has 0 aliphatic heterocycles. The van der Waals surface area contributed by atoms with Crippen molar-refractivity contribution in [2.75, 3.05) is 19.7 Å². The van der Waals surface area contributed by atoms with Crippen LogP contribution in [-0.2, 0) is 14.3 Å². The number of hydrogen-bond acceptors (Lipinski definition) is 3. The van der Waals surface area contributed by atoms with Gasteiger partial charge in [-0.2, -0.15) is 0 Å². The molecule has 0 fully saturated rings. The number of carbonyl (C=O) groups excluding carboxylic acids is 2. The van der Waals surface area contributed by atoms with Gasteiger partial charge in [-0.1, -0.05) is 71.8 Å². The highest BCUT2D eigenvalue weighted by Gasteiger charge is 2.12.